The molecular formula is C6H17N3O6. The molecule has 3 unspecified atom stereocenters. The van der Waals surface area contributed by atoms with Crippen molar-refractivity contribution in [1.29, 1.82) is 0 Å². The van der Waals surface area contributed by atoms with Crippen LogP contribution >= 0.6 is 0 Å². The molecule has 0 rings (SSSR count). The summed E-state index contributed by atoms with van der Waals surface area (Å²) >= 11 is 0. The van der Waals surface area contributed by atoms with E-state index in [1.54, 1.807) is 0 Å². The molecule has 0 aromatic carbocycles. The molecule has 0 heterocycles. The molecular weight excluding hydrogens is 210 g/mol. The Balaban J connectivity index is 5.44. The van der Waals surface area contributed by atoms with E-state index in [4.69, 9.17) is 37.6 Å². The molecule has 0 aliphatic rings. The third kappa shape index (κ3) is 2.10. The minimum Gasteiger partial charge on any atom is -0.395 e. The molecule has 0 saturated carbocycles. The van der Waals surface area contributed by atoms with Gasteiger partial charge in [0.25, 0.3) is 0 Å². The fourth-order valence-corrected chi connectivity index (χ4v) is 1.19. The highest BCUT2D eigenvalue weighted by Gasteiger charge is 2.60. The molecule has 0 saturated heterocycles. The third-order valence-corrected chi connectivity index (χ3v) is 2.41. The molecule has 92 valence electrons. The summed E-state index contributed by atoms with van der Waals surface area (Å²) in [5.74, 6) is -3.26. The van der Waals surface area contributed by atoms with Gasteiger partial charge >= 0.3 is 0 Å². The molecule has 0 amide bonds. The molecule has 9 nitrogen and oxygen atoms in total. The van der Waals surface area contributed by atoms with Crippen LogP contribution in [0.4, 0.5) is 0 Å². The topological polar surface area (TPSA) is 199 Å². The van der Waals surface area contributed by atoms with Gasteiger partial charge in [-0.3, -0.25) is 0 Å². The van der Waals surface area contributed by atoms with Crippen molar-refractivity contribution < 1.29 is 30.6 Å². The highest BCUT2D eigenvalue weighted by Crippen LogP contribution is 2.34. The lowest BCUT2D eigenvalue weighted by atomic mass is 9.75. The lowest BCUT2D eigenvalue weighted by Gasteiger charge is -2.46. The SMILES string of the molecule is NC(O)C(O)(O)C(CO)(C(N)O)C(N)O. The van der Waals surface area contributed by atoms with Gasteiger partial charge in [0, 0.05) is 0 Å². The van der Waals surface area contributed by atoms with Crippen molar-refractivity contribution in [3.8, 4) is 0 Å². The summed E-state index contributed by atoms with van der Waals surface area (Å²) in [6.07, 6.45) is -6.52. The standard InChI is InChI=1S/C6H17N3O6/c7-2(11)5(1-10,3(8)12)6(14,15)4(9)13/h2-4,10-15H,1,7-9H2. The first-order valence-electron chi connectivity index (χ1n) is 4.01. The number of aliphatic hydroxyl groups excluding tert-OH is 4. The largest absolute Gasteiger partial charge is 0.395 e. The van der Waals surface area contributed by atoms with Gasteiger partial charge in [-0.2, -0.15) is 0 Å². The second-order valence-corrected chi connectivity index (χ2v) is 3.26. The summed E-state index contributed by atoms with van der Waals surface area (Å²) in [5, 5.41) is 54.8. The summed E-state index contributed by atoms with van der Waals surface area (Å²) < 4.78 is 0. The maximum Gasteiger partial charge on any atom is 0.219 e. The van der Waals surface area contributed by atoms with Gasteiger partial charge in [0.05, 0.1) is 6.61 Å². The molecule has 15 heavy (non-hydrogen) atoms. The molecule has 12 N–H and O–H groups in total. The lowest BCUT2D eigenvalue weighted by Crippen LogP contribution is -2.73. The molecule has 0 bridgehead atoms. The van der Waals surface area contributed by atoms with E-state index in [0.29, 0.717) is 0 Å². The molecule has 0 aliphatic carbocycles. The van der Waals surface area contributed by atoms with E-state index in [0.717, 1.165) is 0 Å². The molecule has 0 fully saturated rings. The van der Waals surface area contributed by atoms with Crippen LogP contribution in [0.25, 0.3) is 0 Å². The number of rotatable bonds is 5. The van der Waals surface area contributed by atoms with Crippen molar-refractivity contribution in [3.05, 3.63) is 0 Å². The van der Waals surface area contributed by atoms with Gasteiger partial charge in [-0.05, 0) is 0 Å². The fourth-order valence-electron chi connectivity index (χ4n) is 1.19. The van der Waals surface area contributed by atoms with Gasteiger partial charge in [-0.15, -0.1) is 0 Å². The lowest BCUT2D eigenvalue weighted by molar-refractivity contribution is -0.340. The van der Waals surface area contributed by atoms with Crippen LogP contribution in [0, 0.1) is 5.41 Å². The van der Waals surface area contributed by atoms with Crippen molar-refractivity contribution >= 4 is 0 Å². The van der Waals surface area contributed by atoms with E-state index in [2.05, 4.69) is 0 Å². The van der Waals surface area contributed by atoms with Gasteiger partial charge in [0.2, 0.25) is 5.79 Å². The van der Waals surface area contributed by atoms with E-state index in [-0.39, 0.29) is 0 Å². The van der Waals surface area contributed by atoms with Crippen LogP contribution in [0.2, 0.25) is 0 Å². The van der Waals surface area contributed by atoms with Crippen molar-refractivity contribution in [2.75, 3.05) is 6.61 Å². The molecule has 3 atom stereocenters. The Labute approximate surface area is 85.3 Å². The summed E-state index contributed by atoms with van der Waals surface area (Å²) in [5.41, 5.74) is 12.2. The van der Waals surface area contributed by atoms with Crippen LogP contribution in [0.15, 0.2) is 0 Å². The van der Waals surface area contributed by atoms with Crippen LogP contribution in [0.5, 0.6) is 0 Å². The Hall–Kier alpha value is -0.360. The number of hydrogen-bond donors (Lipinski definition) is 9. The van der Waals surface area contributed by atoms with Gasteiger partial charge in [-0.25, -0.2) is 0 Å². The molecule has 0 spiro atoms. The van der Waals surface area contributed by atoms with Crippen molar-refractivity contribution in [2.45, 2.75) is 24.5 Å². The maximum atomic E-state index is 9.38. The van der Waals surface area contributed by atoms with Crippen molar-refractivity contribution in [2.24, 2.45) is 22.6 Å². The zero-order valence-electron chi connectivity index (χ0n) is 7.85. The predicted octanol–water partition coefficient (Wildman–Crippen LogP) is -5.52. The third-order valence-electron chi connectivity index (χ3n) is 2.41. The highest BCUT2D eigenvalue weighted by atomic mass is 16.5. The molecule has 0 aromatic heterocycles. The summed E-state index contributed by atoms with van der Waals surface area (Å²) in [6, 6.07) is 0. The first kappa shape index (κ1) is 14.6. The second-order valence-electron chi connectivity index (χ2n) is 3.26. The average molecular weight is 227 g/mol. The Bertz CT molecular complexity index is 199. The van der Waals surface area contributed by atoms with Gasteiger partial charge in [0.1, 0.15) is 17.9 Å². The monoisotopic (exact) mass is 227 g/mol. The zero-order valence-corrected chi connectivity index (χ0v) is 7.85. The van der Waals surface area contributed by atoms with Crippen LogP contribution in [-0.4, -0.2) is 61.7 Å². The Morgan fingerprint density at radius 3 is 1.27 bits per heavy atom. The molecule has 9 heteroatoms. The van der Waals surface area contributed by atoms with E-state index in [1.807, 2.05) is 0 Å². The highest BCUT2D eigenvalue weighted by molar-refractivity contribution is 5.00. The van der Waals surface area contributed by atoms with E-state index in [1.165, 1.54) is 0 Å². The van der Waals surface area contributed by atoms with Crippen LogP contribution in [-0.2, 0) is 0 Å². The van der Waals surface area contributed by atoms with Gasteiger partial charge in [0.15, 0.2) is 6.23 Å². The van der Waals surface area contributed by atoms with E-state index < -0.39 is 36.5 Å². The number of hydrogen-bond acceptors (Lipinski definition) is 9. The number of aliphatic hydroxyl groups is 6. The van der Waals surface area contributed by atoms with Crippen molar-refractivity contribution in [1.82, 2.24) is 0 Å². The smallest absolute Gasteiger partial charge is 0.219 e. The van der Waals surface area contributed by atoms with Crippen molar-refractivity contribution in [3.63, 3.8) is 0 Å². The van der Waals surface area contributed by atoms with E-state index >= 15 is 0 Å². The van der Waals surface area contributed by atoms with E-state index in [9.17, 15) is 10.2 Å². The normalized spacial score (nSPS) is 23.0. The van der Waals surface area contributed by atoms with Crippen LogP contribution in [0.1, 0.15) is 0 Å². The summed E-state index contributed by atoms with van der Waals surface area (Å²) in [4.78, 5) is 0. The van der Waals surface area contributed by atoms with Crippen LogP contribution in [0.3, 0.4) is 0 Å². The summed E-state index contributed by atoms with van der Waals surface area (Å²) in [7, 11) is 0. The van der Waals surface area contributed by atoms with Crippen LogP contribution < -0.4 is 17.2 Å². The molecule has 0 radical (unpaired) electrons. The second kappa shape index (κ2) is 4.65. The van der Waals surface area contributed by atoms with Gasteiger partial charge < -0.3 is 47.8 Å². The number of nitrogens with two attached hydrogens (primary N) is 3. The molecule has 0 aromatic rings. The minimum atomic E-state index is -3.26. The fraction of sp³-hybridized carbons (Fsp3) is 1.00. The first-order valence-corrected chi connectivity index (χ1v) is 4.01. The first-order chi connectivity index (χ1) is 6.64. The zero-order chi connectivity index (χ0) is 12.4. The Kier molecular flexibility index (Phi) is 4.54. The minimum absolute atomic E-state index is 1.20. The van der Waals surface area contributed by atoms with Gasteiger partial charge in [-0.1, -0.05) is 0 Å². The summed E-state index contributed by atoms with van der Waals surface area (Å²) in [6.45, 7) is -1.20. The predicted molar refractivity (Wildman–Crippen MR) is 47.3 cm³/mol. The Morgan fingerprint density at radius 2 is 1.20 bits per heavy atom. The maximum absolute atomic E-state index is 9.38. The Morgan fingerprint density at radius 1 is 0.867 bits per heavy atom. The quantitative estimate of drug-likeness (QED) is 0.205. The average Bonchev–Trinajstić information content (AvgIpc) is 2.03. The molecule has 0 aliphatic heterocycles.